The molecule has 0 spiro atoms. The van der Waals surface area contributed by atoms with Crippen LogP contribution in [-0.2, 0) is 0 Å². The van der Waals surface area contributed by atoms with E-state index in [9.17, 15) is 0 Å². The first-order valence-corrected chi connectivity index (χ1v) is 8.80. The SMILES string of the molecule is CCNC(CCN1CCCC(C(C)C)CC1)C(C)(C)C. The van der Waals surface area contributed by atoms with Crippen LogP contribution in [0.15, 0.2) is 0 Å². The van der Waals surface area contributed by atoms with Crippen LogP contribution < -0.4 is 5.32 Å². The molecule has 1 saturated heterocycles. The molecule has 1 aliphatic heterocycles. The molecule has 1 rings (SSSR count). The Morgan fingerprint density at radius 2 is 1.85 bits per heavy atom. The zero-order valence-electron chi connectivity index (χ0n) is 14.8. The number of rotatable bonds is 6. The van der Waals surface area contributed by atoms with Gasteiger partial charge in [0.25, 0.3) is 0 Å². The van der Waals surface area contributed by atoms with Gasteiger partial charge in [0.05, 0.1) is 0 Å². The van der Waals surface area contributed by atoms with Gasteiger partial charge in [-0.3, -0.25) is 0 Å². The van der Waals surface area contributed by atoms with E-state index < -0.39 is 0 Å². The van der Waals surface area contributed by atoms with E-state index in [1.807, 2.05) is 0 Å². The quantitative estimate of drug-likeness (QED) is 0.787. The van der Waals surface area contributed by atoms with Gasteiger partial charge in [0.2, 0.25) is 0 Å². The van der Waals surface area contributed by atoms with Gasteiger partial charge >= 0.3 is 0 Å². The van der Waals surface area contributed by atoms with Crippen molar-refractivity contribution in [1.82, 2.24) is 10.2 Å². The molecule has 1 N–H and O–H groups in total. The molecule has 2 nitrogen and oxygen atoms in total. The van der Waals surface area contributed by atoms with Gasteiger partial charge in [-0.1, -0.05) is 41.5 Å². The van der Waals surface area contributed by atoms with Crippen LogP contribution >= 0.6 is 0 Å². The third-order valence-corrected chi connectivity index (χ3v) is 5.04. The molecule has 0 saturated carbocycles. The van der Waals surface area contributed by atoms with Crippen LogP contribution in [0.25, 0.3) is 0 Å². The van der Waals surface area contributed by atoms with Crippen LogP contribution in [0.3, 0.4) is 0 Å². The largest absolute Gasteiger partial charge is 0.314 e. The molecule has 0 aromatic heterocycles. The minimum absolute atomic E-state index is 0.363. The molecule has 1 heterocycles. The number of nitrogens with one attached hydrogen (secondary N) is 1. The maximum atomic E-state index is 3.68. The van der Waals surface area contributed by atoms with E-state index >= 15 is 0 Å². The summed E-state index contributed by atoms with van der Waals surface area (Å²) in [5.41, 5.74) is 0.363. The van der Waals surface area contributed by atoms with Crippen molar-refractivity contribution >= 4 is 0 Å². The number of likely N-dealkylation sites (tertiary alicyclic amines) is 1. The first-order chi connectivity index (χ1) is 9.34. The molecule has 0 amide bonds. The summed E-state index contributed by atoms with van der Waals surface area (Å²) in [7, 11) is 0. The van der Waals surface area contributed by atoms with E-state index in [1.165, 1.54) is 45.3 Å². The Balaban J connectivity index is 2.40. The highest BCUT2D eigenvalue weighted by molar-refractivity contribution is 4.82. The van der Waals surface area contributed by atoms with Crippen molar-refractivity contribution < 1.29 is 0 Å². The zero-order chi connectivity index (χ0) is 15.2. The average Bonchev–Trinajstić information content (AvgIpc) is 2.58. The standard InChI is InChI=1S/C18H38N2/c1-7-19-17(18(4,5)6)11-14-20-12-8-9-16(10-13-20)15(2)3/h15-17,19H,7-14H2,1-6H3. The minimum atomic E-state index is 0.363. The predicted octanol–water partition coefficient (Wildman–Crippen LogP) is 4.16. The number of nitrogens with zero attached hydrogens (tertiary/aromatic N) is 1. The van der Waals surface area contributed by atoms with Gasteiger partial charge in [-0.15, -0.1) is 0 Å². The van der Waals surface area contributed by atoms with Crippen molar-refractivity contribution in [1.29, 1.82) is 0 Å². The van der Waals surface area contributed by atoms with Crippen molar-refractivity contribution in [3.63, 3.8) is 0 Å². The maximum Gasteiger partial charge on any atom is 0.0128 e. The normalized spacial score (nSPS) is 23.9. The summed E-state index contributed by atoms with van der Waals surface area (Å²) in [5, 5.41) is 3.68. The van der Waals surface area contributed by atoms with Crippen molar-refractivity contribution in [2.24, 2.45) is 17.3 Å². The molecule has 1 aliphatic rings. The highest BCUT2D eigenvalue weighted by atomic mass is 15.1. The average molecular weight is 283 g/mol. The second-order valence-corrected chi connectivity index (χ2v) is 8.04. The molecule has 0 aliphatic carbocycles. The fourth-order valence-corrected chi connectivity index (χ4v) is 3.47. The van der Waals surface area contributed by atoms with Gasteiger partial charge in [0.15, 0.2) is 0 Å². The Hall–Kier alpha value is -0.0800. The van der Waals surface area contributed by atoms with Crippen LogP contribution in [0.5, 0.6) is 0 Å². The highest BCUT2D eigenvalue weighted by Gasteiger charge is 2.25. The Morgan fingerprint density at radius 1 is 1.15 bits per heavy atom. The Kier molecular flexibility index (Phi) is 7.53. The third-order valence-electron chi connectivity index (χ3n) is 5.04. The summed E-state index contributed by atoms with van der Waals surface area (Å²) in [5.74, 6) is 1.81. The van der Waals surface area contributed by atoms with Crippen molar-refractivity contribution in [3.05, 3.63) is 0 Å². The zero-order valence-corrected chi connectivity index (χ0v) is 14.8. The van der Waals surface area contributed by atoms with Crippen molar-refractivity contribution in [2.45, 2.75) is 73.3 Å². The number of hydrogen-bond donors (Lipinski definition) is 1. The molecular weight excluding hydrogens is 244 g/mol. The molecule has 2 atom stereocenters. The lowest BCUT2D eigenvalue weighted by atomic mass is 9.84. The summed E-state index contributed by atoms with van der Waals surface area (Å²) >= 11 is 0. The van der Waals surface area contributed by atoms with Gasteiger partial charge in [0, 0.05) is 6.04 Å². The molecule has 2 unspecified atom stereocenters. The molecule has 0 aromatic rings. The topological polar surface area (TPSA) is 15.3 Å². The second kappa shape index (κ2) is 8.38. The molecule has 0 bridgehead atoms. The lowest BCUT2D eigenvalue weighted by molar-refractivity contribution is 0.206. The second-order valence-electron chi connectivity index (χ2n) is 8.04. The van der Waals surface area contributed by atoms with E-state index in [2.05, 4.69) is 51.8 Å². The van der Waals surface area contributed by atoms with Gasteiger partial charge < -0.3 is 10.2 Å². The van der Waals surface area contributed by atoms with Gasteiger partial charge in [0.1, 0.15) is 0 Å². The first kappa shape index (κ1) is 18.0. The number of hydrogen-bond acceptors (Lipinski definition) is 2. The molecule has 20 heavy (non-hydrogen) atoms. The Labute approximate surface area is 127 Å². The predicted molar refractivity (Wildman–Crippen MR) is 90.2 cm³/mol. The molecule has 1 fully saturated rings. The summed E-state index contributed by atoms with van der Waals surface area (Å²) in [4.78, 5) is 2.71. The van der Waals surface area contributed by atoms with E-state index in [4.69, 9.17) is 0 Å². The molecule has 120 valence electrons. The summed E-state index contributed by atoms with van der Waals surface area (Å²) in [6.45, 7) is 19.0. The first-order valence-electron chi connectivity index (χ1n) is 8.80. The van der Waals surface area contributed by atoms with Crippen molar-refractivity contribution in [3.8, 4) is 0 Å². The summed E-state index contributed by atoms with van der Waals surface area (Å²) in [6, 6.07) is 0.636. The molecule has 0 radical (unpaired) electrons. The van der Waals surface area contributed by atoms with Crippen LogP contribution in [-0.4, -0.2) is 37.1 Å². The third kappa shape index (κ3) is 6.13. The molecular formula is C18H38N2. The van der Waals surface area contributed by atoms with Crippen LogP contribution in [0, 0.1) is 17.3 Å². The van der Waals surface area contributed by atoms with E-state index in [0.717, 1.165) is 18.4 Å². The van der Waals surface area contributed by atoms with Crippen LogP contribution in [0.2, 0.25) is 0 Å². The summed E-state index contributed by atoms with van der Waals surface area (Å²) < 4.78 is 0. The van der Waals surface area contributed by atoms with E-state index in [1.54, 1.807) is 0 Å². The summed E-state index contributed by atoms with van der Waals surface area (Å²) in [6.07, 6.45) is 5.51. The van der Waals surface area contributed by atoms with Crippen LogP contribution in [0.4, 0.5) is 0 Å². The lowest BCUT2D eigenvalue weighted by Crippen LogP contribution is -2.43. The Morgan fingerprint density at radius 3 is 2.40 bits per heavy atom. The minimum Gasteiger partial charge on any atom is -0.314 e. The highest BCUT2D eigenvalue weighted by Crippen LogP contribution is 2.26. The fraction of sp³-hybridized carbons (Fsp3) is 1.00. The lowest BCUT2D eigenvalue weighted by Gasteiger charge is -2.33. The van der Waals surface area contributed by atoms with Crippen LogP contribution in [0.1, 0.15) is 67.2 Å². The molecule has 0 aromatic carbocycles. The Bertz CT molecular complexity index is 255. The van der Waals surface area contributed by atoms with E-state index in [-0.39, 0.29) is 0 Å². The maximum absolute atomic E-state index is 3.68. The monoisotopic (exact) mass is 282 g/mol. The van der Waals surface area contributed by atoms with Gasteiger partial charge in [-0.25, -0.2) is 0 Å². The van der Waals surface area contributed by atoms with Crippen molar-refractivity contribution in [2.75, 3.05) is 26.2 Å². The smallest absolute Gasteiger partial charge is 0.0128 e. The van der Waals surface area contributed by atoms with E-state index in [0.29, 0.717) is 11.5 Å². The van der Waals surface area contributed by atoms with Gasteiger partial charge in [-0.05, 0) is 69.1 Å². The fourth-order valence-electron chi connectivity index (χ4n) is 3.47. The van der Waals surface area contributed by atoms with Gasteiger partial charge in [-0.2, -0.15) is 0 Å². The molecule has 2 heteroatoms.